The fourth-order valence-corrected chi connectivity index (χ4v) is 8.36. The Morgan fingerprint density at radius 2 is 1.56 bits per heavy atom. The van der Waals surface area contributed by atoms with Gasteiger partial charge in [-0.2, -0.15) is 0 Å². The molecule has 6 fully saturated rings. The van der Waals surface area contributed by atoms with Gasteiger partial charge in [0.05, 0.1) is 0 Å². The number of hydrogen-bond acceptors (Lipinski definition) is 6. The van der Waals surface area contributed by atoms with Crippen molar-refractivity contribution in [2.45, 2.75) is 102 Å². The third-order valence-electron chi connectivity index (χ3n) is 10.9. The second-order valence-electron chi connectivity index (χ2n) is 13.1. The quantitative estimate of drug-likeness (QED) is 0.649. The van der Waals surface area contributed by atoms with Gasteiger partial charge in [0.1, 0.15) is 0 Å². The molecule has 7 heteroatoms. The van der Waals surface area contributed by atoms with Gasteiger partial charge in [-0.15, -0.1) is 0 Å². The summed E-state index contributed by atoms with van der Waals surface area (Å²) in [6.07, 6.45) is 16.2. The highest BCUT2D eigenvalue weighted by Gasteiger charge is 2.52. The van der Waals surface area contributed by atoms with E-state index < -0.39 is 0 Å². The van der Waals surface area contributed by atoms with Gasteiger partial charge in [0.25, 0.3) is 0 Å². The minimum absolute atomic E-state index is 0.0583. The number of piperidine rings is 1. The van der Waals surface area contributed by atoms with Crippen LogP contribution in [0, 0.1) is 10.8 Å². The van der Waals surface area contributed by atoms with Crippen LogP contribution in [0.3, 0.4) is 0 Å². The second-order valence-corrected chi connectivity index (χ2v) is 13.1. The van der Waals surface area contributed by atoms with Crippen molar-refractivity contribution in [1.29, 1.82) is 0 Å². The molecule has 2 atom stereocenters. The fourth-order valence-electron chi connectivity index (χ4n) is 8.36. The van der Waals surface area contributed by atoms with Crippen molar-refractivity contribution in [1.82, 2.24) is 25.1 Å². The van der Waals surface area contributed by atoms with Crippen molar-refractivity contribution < 1.29 is 4.79 Å². The first-order valence-electron chi connectivity index (χ1n) is 14.7. The summed E-state index contributed by atoms with van der Waals surface area (Å²) in [6.45, 7) is 10.5. The summed E-state index contributed by atoms with van der Waals surface area (Å²) in [4.78, 5) is 30.1. The molecule has 4 bridgehead atoms. The Balaban J connectivity index is 1.02. The number of hydrogen-bond donors (Lipinski definition) is 1. The smallest absolute Gasteiger partial charge is 0.225 e. The van der Waals surface area contributed by atoms with Gasteiger partial charge in [-0.1, -0.05) is 0 Å². The maximum absolute atomic E-state index is 12.5. The Bertz CT molecular complexity index is 901. The molecule has 1 amide bonds. The van der Waals surface area contributed by atoms with E-state index >= 15 is 0 Å². The Labute approximate surface area is 217 Å². The zero-order valence-corrected chi connectivity index (χ0v) is 22.7. The first kappa shape index (κ1) is 24.6. The molecule has 2 unspecified atom stereocenters. The topological polar surface area (TPSA) is 64.6 Å². The monoisotopic (exact) mass is 494 g/mol. The number of nitrogens with zero attached hydrogens (tertiary/aromatic N) is 5. The largest absolute Gasteiger partial charge is 0.359 e. The van der Waals surface area contributed by atoms with E-state index in [9.17, 15) is 4.79 Å². The summed E-state index contributed by atoms with van der Waals surface area (Å²) in [5, 5.41) is 2.94. The van der Waals surface area contributed by atoms with Crippen LogP contribution in [-0.2, 0) is 4.79 Å². The number of carbonyl (C=O) groups is 1. The molecule has 1 N–H and O–H groups in total. The maximum Gasteiger partial charge on any atom is 0.225 e. The lowest BCUT2D eigenvalue weighted by Crippen LogP contribution is -2.56. The zero-order chi connectivity index (χ0) is 24.9. The predicted molar refractivity (Wildman–Crippen MR) is 143 cm³/mol. The number of aromatic nitrogens is 2. The van der Waals surface area contributed by atoms with E-state index in [0.29, 0.717) is 29.5 Å². The van der Waals surface area contributed by atoms with E-state index in [-0.39, 0.29) is 11.3 Å². The normalized spacial score (nSPS) is 35.5. The van der Waals surface area contributed by atoms with Crippen LogP contribution in [0.2, 0.25) is 0 Å². The van der Waals surface area contributed by atoms with Gasteiger partial charge >= 0.3 is 0 Å². The molecule has 36 heavy (non-hydrogen) atoms. The molecule has 6 aliphatic rings. The van der Waals surface area contributed by atoms with Crippen LogP contribution >= 0.6 is 0 Å². The van der Waals surface area contributed by atoms with E-state index in [0.717, 1.165) is 38.3 Å². The zero-order valence-electron chi connectivity index (χ0n) is 22.7. The third kappa shape index (κ3) is 4.34. The van der Waals surface area contributed by atoms with Crippen LogP contribution in [0.1, 0.15) is 89.5 Å². The van der Waals surface area contributed by atoms with Gasteiger partial charge in [0.15, 0.2) is 0 Å². The highest BCUT2D eigenvalue weighted by atomic mass is 16.2. The highest BCUT2D eigenvalue weighted by molar-refractivity contribution is 5.82. The maximum atomic E-state index is 12.5. The summed E-state index contributed by atoms with van der Waals surface area (Å²) >= 11 is 0. The number of anilines is 1. The average Bonchev–Trinajstić information content (AvgIpc) is 3.18. The first-order valence-corrected chi connectivity index (χ1v) is 14.7. The van der Waals surface area contributed by atoms with Crippen LogP contribution in [0.4, 0.5) is 5.95 Å². The Kier molecular flexibility index (Phi) is 6.52. The van der Waals surface area contributed by atoms with Gasteiger partial charge in [0.2, 0.25) is 11.9 Å². The van der Waals surface area contributed by atoms with Crippen LogP contribution in [0.5, 0.6) is 0 Å². The fraction of sp³-hybridized carbons (Fsp3) is 0.828. The first-order chi connectivity index (χ1) is 17.4. The van der Waals surface area contributed by atoms with E-state index in [4.69, 9.17) is 9.97 Å². The number of nitrogens with one attached hydrogen (secondary N) is 1. The van der Waals surface area contributed by atoms with Crippen LogP contribution in [0.25, 0.3) is 0 Å². The molecule has 7 nitrogen and oxygen atoms in total. The van der Waals surface area contributed by atoms with Gasteiger partial charge < -0.3 is 15.1 Å². The SMILES string of the molecule is CNC(=O)C12CCC(CN3CCC(c4cnc(N5C6CCC5CN(C(C)C)C6)nc4)CC3)(CC1)CC2. The summed E-state index contributed by atoms with van der Waals surface area (Å²) < 4.78 is 0. The summed E-state index contributed by atoms with van der Waals surface area (Å²) in [7, 11) is 1.80. The number of rotatable bonds is 6. The van der Waals surface area contributed by atoms with Crippen LogP contribution < -0.4 is 10.2 Å². The summed E-state index contributed by atoms with van der Waals surface area (Å²) in [5.41, 5.74) is 1.72. The minimum Gasteiger partial charge on any atom is -0.359 e. The number of piperazine rings is 1. The van der Waals surface area contributed by atoms with E-state index in [2.05, 4.69) is 46.3 Å². The lowest BCUT2D eigenvalue weighted by Gasteiger charge is -2.54. The van der Waals surface area contributed by atoms with Crippen molar-refractivity contribution >= 4 is 11.9 Å². The number of amides is 1. The third-order valence-corrected chi connectivity index (χ3v) is 10.9. The number of likely N-dealkylation sites (tertiary alicyclic amines) is 2. The van der Waals surface area contributed by atoms with Gasteiger partial charge in [0, 0.05) is 62.6 Å². The van der Waals surface area contributed by atoms with E-state index in [1.165, 1.54) is 70.1 Å². The summed E-state index contributed by atoms with van der Waals surface area (Å²) in [5.74, 6) is 1.82. The van der Waals surface area contributed by atoms with E-state index in [1.807, 2.05) is 0 Å². The molecular weight excluding hydrogens is 448 g/mol. The molecule has 1 aromatic rings. The Morgan fingerprint density at radius 1 is 0.972 bits per heavy atom. The van der Waals surface area contributed by atoms with Crippen LogP contribution in [-0.4, -0.2) is 83.6 Å². The molecule has 7 rings (SSSR count). The average molecular weight is 495 g/mol. The van der Waals surface area contributed by atoms with Gasteiger partial charge in [-0.05, 0) is 108 Å². The lowest BCUT2D eigenvalue weighted by atomic mass is 9.53. The van der Waals surface area contributed by atoms with Crippen molar-refractivity contribution in [3.8, 4) is 0 Å². The van der Waals surface area contributed by atoms with Crippen molar-refractivity contribution in [2.24, 2.45) is 10.8 Å². The minimum atomic E-state index is -0.0583. The van der Waals surface area contributed by atoms with Crippen molar-refractivity contribution in [3.63, 3.8) is 0 Å². The Morgan fingerprint density at radius 3 is 2.08 bits per heavy atom. The molecule has 1 aromatic heterocycles. The highest BCUT2D eigenvalue weighted by Crippen LogP contribution is 2.57. The molecule has 3 aliphatic carbocycles. The molecule has 0 aromatic carbocycles. The van der Waals surface area contributed by atoms with E-state index in [1.54, 1.807) is 7.05 Å². The molecule has 4 heterocycles. The number of carbonyl (C=O) groups excluding carboxylic acids is 1. The standard InChI is InChI=1S/C29H46N6O/c1-21(2)34-18-24-4-5-25(19-34)35(24)27-31-16-23(17-32-27)22-6-14-33(15-7-22)20-28-8-11-29(12-9-28,13-10-28)26(36)30-3/h16-17,21-22,24-25H,4-15,18-20H2,1-3H3,(H,30,36). The molecular formula is C29H46N6O. The lowest BCUT2D eigenvalue weighted by molar-refractivity contribution is -0.140. The van der Waals surface area contributed by atoms with Gasteiger partial charge in [-0.25, -0.2) is 9.97 Å². The van der Waals surface area contributed by atoms with Crippen molar-refractivity contribution in [2.75, 3.05) is 44.7 Å². The number of fused-ring (bicyclic) bond motifs is 5. The predicted octanol–water partition coefficient (Wildman–Crippen LogP) is 3.80. The van der Waals surface area contributed by atoms with Gasteiger partial charge in [-0.3, -0.25) is 9.69 Å². The van der Waals surface area contributed by atoms with Crippen molar-refractivity contribution in [3.05, 3.63) is 18.0 Å². The molecule has 198 valence electrons. The Hall–Kier alpha value is -1.73. The molecule has 0 spiro atoms. The van der Waals surface area contributed by atoms with Crippen LogP contribution in [0.15, 0.2) is 12.4 Å². The summed E-state index contributed by atoms with van der Waals surface area (Å²) in [6, 6.07) is 1.76. The molecule has 3 saturated carbocycles. The molecule has 3 saturated heterocycles. The second kappa shape index (κ2) is 9.54. The molecule has 3 aliphatic heterocycles. The molecule has 0 radical (unpaired) electrons.